The van der Waals surface area contributed by atoms with E-state index in [1.807, 2.05) is 6.92 Å². The van der Waals surface area contributed by atoms with E-state index < -0.39 is 18.9 Å². The summed E-state index contributed by atoms with van der Waals surface area (Å²) < 4.78 is 53.0. The van der Waals surface area contributed by atoms with Gasteiger partial charge in [0.25, 0.3) is 12.3 Å². The number of anilines is 2. The number of pyridine rings is 1. The molecular weight excluding hydrogens is 456 g/mol. The van der Waals surface area contributed by atoms with Gasteiger partial charge in [-0.15, -0.1) is 10.2 Å². The summed E-state index contributed by atoms with van der Waals surface area (Å²) in [5, 5.41) is 11.6. The van der Waals surface area contributed by atoms with E-state index in [1.165, 1.54) is 4.52 Å². The van der Waals surface area contributed by atoms with Crippen molar-refractivity contribution in [3.63, 3.8) is 0 Å². The molecule has 34 heavy (non-hydrogen) atoms. The third-order valence-corrected chi connectivity index (χ3v) is 5.42. The Hall–Kier alpha value is -3.55. The van der Waals surface area contributed by atoms with Crippen LogP contribution in [0.2, 0.25) is 0 Å². The third-order valence-electron chi connectivity index (χ3n) is 5.42. The number of aromatic nitrogens is 7. The molecule has 4 aromatic rings. The van der Waals surface area contributed by atoms with Crippen molar-refractivity contribution in [1.82, 2.24) is 39.5 Å². The number of fused-ring (bicyclic) bond motifs is 2. The molecule has 0 radical (unpaired) electrons. The Kier molecular flexibility index (Phi) is 6.50. The average Bonchev–Trinajstić information content (AvgIpc) is 3.37. The fourth-order valence-corrected chi connectivity index (χ4v) is 3.85. The molecule has 0 bridgehead atoms. The lowest BCUT2D eigenvalue weighted by Gasteiger charge is -2.31. The Morgan fingerprint density at radius 3 is 2.62 bits per heavy atom. The number of hydrogen-bond donors (Lipinski definition) is 2. The number of rotatable bonds is 4. The minimum Gasteiger partial charge on any atom is -0.382 e. The van der Waals surface area contributed by atoms with Gasteiger partial charge in [-0.25, -0.2) is 31.7 Å². The zero-order valence-electron chi connectivity index (χ0n) is 18.4. The highest BCUT2D eigenvalue weighted by atomic mass is 19.3. The Labute approximate surface area is 191 Å². The summed E-state index contributed by atoms with van der Waals surface area (Å²) in [5.74, 6) is -2.18. The molecule has 0 saturated carbocycles. The predicted octanol–water partition coefficient (Wildman–Crippen LogP) is 2.70. The molecule has 0 atom stereocenters. The van der Waals surface area contributed by atoms with Gasteiger partial charge in [-0.3, -0.25) is 4.90 Å². The van der Waals surface area contributed by atoms with E-state index in [1.54, 1.807) is 29.3 Å². The van der Waals surface area contributed by atoms with Gasteiger partial charge < -0.3 is 11.5 Å². The van der Waals surface area contributed by atoms with Crippen molar-refractivity contribution in [3.8, 4) is 11.3 Å². The van der Waals surface area contributed by atoms with Crippen LogP contribution in [0.3, 0.4) is 0 Å². The summed E-state index contributed by atoms with van der Waals surface area (Å²) in [4.78, 5) is 10.1. The number of piperidine rings is 1. The van der Waals surface area contributed by atoms with Crippen LogP contribution in [0.5, 0.6) is 0 Å². The molecule has 4 aromatic heterocycles. The van der Waals surface area contributed by atoms with Crippen molar-refractivity contribution in [2.45, 2.75) is 38.7 Å². The second-order valence-electron chi connectivity index (χ2n) is 7.91. The summed E-state index contributed by atoms with van der Waals surface area (Å²) in [6.07, 6.45) is -0.174. The van der Waals surface area contributed by atoms with Crippen molar-refractivity contribution >= 4 is 28.4 Å². The molecule has 0 amide bonds. The first kappa shape index (κ1) is 23.6. The first-order chi connectivity index (χ1) is 16.2. The van der Waals surface area contributed by atoms with Gasteiger partial charge in [0.1, 0.15) is 17.6 Å². The topological polar surface area (TPSA) is 129 Å². The lowest BCUT2D eigenvalue weighted by molar-refractivity contribution is -0.0625. The van der Waals surface area contributed by atoms with Crippen molar-refractivity contribution < 1.29 is 17.6 Å². The maximum absolute atomic E-state index is 12.6. The van der Waals surface area contributed by atoms with Crippen LogP contribution < -0.4 is 11.5 Å². The van der Waals surface area contributed by atoms with Crippen molar-refractivity contribution in [2.24, 2.45) is 0 Å². The van der Waals surface area contributed by atoms with Gasteiger partial charge in [-0.2, -0.15) is 4.98 Å². The van der Waals surface area contributed by atoms with Gasteiger partial charge in [0.15, 0.2) is 11.5 Å². The molecule has 0 aliphatic carbocycles. The molecule has 0 spiro atoms. The van der Waals surface area contributed by atoms with Gasteiger partial charge in [0.2, 0.25) is 5.95 Å². The maximum Gasteiger partial charge on any atom is 0.260 e. The van der Waals surface area contributed by atoms with E-state index in [0.29, 0.717) is 28.7 Å². The van der Waals surface area contributed by atoms with Crippen LogP contribution in [0, 0.1) is 0 Å². The summed E-state index contributed by atoms with van der Waals surface area (Å²) in [6, 6.07) is 5.11. The Balaban J connectivity index is 0.000000231. The average molecular weight is 480 g/mol. The highest BCUT2D eigenvalue weighted by Gasteiger charge is 2.34. The minimum atomic E-state index is -2.55. The van der Waals surface area contributed by atoms with Gasteiger partial charge in [-0.1, -0.05) is 12.1 Å². The maximum atomic E-state index is 12.6. The number of hydrogen-bond acceptors (Lipinski definition) is 8. The molecule has 1 saturated heterocycles. The summed E-state index contributed by atoms with van der Waals surface area (Å²) in [6.45, 7) is 2.89. The van der Waals surface area contributed by atoms with Crippen molar-refractivity contribution in [2.75, 3.05) is 31.1 Å². The fraction of sp³-hybridized carbons (Fsp3) is 0.450. The third kappa shape index (κ3) is 5.00. The molecule has 1 aliphatic heterocycles. The fourth-order valence-electron chi connectivity index (χ4n) is 3.85. The molecule has 1 fully saturated rings. The van der Waals surface area contributed by atoms with Crippen molar-refractivity contribution in [3.05, 3.63) is 24.4 Å². The number of nitrogens with two attached hydrogens (primary N) is 2. The van der Waals surface area contributed by atoms with Crippen LogP contribution in [-0.2, 0) is 6.54 Å². The molecule has 10 nitrogen and oxygen atoms in total. The van der Waals surface area contributed by atoms with Crippen LogP contribution in [0.25, 0.3) is 27.9 Å². The molecule has 0 unspecified atom stereocenters. The number of halogens is 4. The zero-order valence-corrected chi connectivity index (χ0v) is 18.4. The molecule has 4 N–H and O–H groups in total. The first-order valence-electron chi connectivity index (χ1n) is 10.7. The van der Waals surface area contributed by atoms with Crippen LogP contribution in [0.1, 0.15) is 19.8 Å². The standard InChI is InChI=1S/C13H11F2N9.C7H13F2N/c14-9(15)5-24-12-8(20-22-24)2-1-7(18-12)6-3-4-23-10(6)11(16)19-13(17)21-23;1-2-10-5-3-4-7(8,9)6-10/h1-4,9H,5H2,(H4,16,17,19,21);2-6H2,1H3. The van der Waals surface area contributed by atoms with E-state index in [4.69, 9.17) is 11.5 Å². The van der Waals surface area contributed by atoms with Gasteiger partial charge in [0.05, 0.1) is 12.2 Å². The summed E-state index contributed by atoms with van der Waals surface area (Å²) >= 11 is 0. The highest BCUT2D eigenvalue weighted by Crippen LogP contribution is 2.28. The van der Waals surface area contributed by atoms with Crippen LogP contribution >= 0.6 is 0 Å². The molecule has 182 valence electrons. The van der Waals surface area contributed by atoms with E-state index in [-0.39, 0.29) is 30.4 Å². The van der Waals surface area contributed by atoms with Crippen LogP contribution in [0.4, 0.5) is 29.3 Å². The lowest BCUT2D eigenvalue weighted by Crippen LogP contribution is -2.42. The van der Waals surface area contributed by atoms with Gasteiger partial charge >= 0.3 is 0 Å². The zero-order chi connectivity index (χ0) is 24.5. The number of nitrogens with zero attached hydrogens (tertiary/aromatic N) is 8. The SMILES string of the molecule is CCN1CCCC(F)(F)C1.Nc1nc(N)c2c(-c3ccc4nnn(CC(F)F)c4n3)ccn2n1. The Morgan fingerprint density at radius 2 is 1.94 bits per heavy atom. The van der Waals surface area contributed by atoms with E-state index in [9.17, 15) is 17.6 Å². The Morgan fingerprint density at radius 1 is 1.15 bits per heavy atom. The van der Waals surface area contributed by atoms with E-state index >= 15 is 0 Å². The first-order valence-corrected chi connectivity index (χ1v) is 10.7. The number of nitrogen functional groups attached to an aromatic ring is 2. The number of likely N-dealkylation sites (tertiary alicyclic amines) is 1. The minimum absolute atomic E-state index is 0.0382. The second-order valence-corrected chi connectivity index (χ2v) is 7.91. The smallest absolute Gasteiger partial charge is 0.260 e. The van der Waals surface area contributed by atoms with E-state index in [0.717, 1.165) is 17.8 Å². The molecule has 5 heterocycles. The highest BCUT2D eigenvalue weighted by molar-refractivity contribution is 5.88. The van der Waals surface area contributed by atoms with E-state index in [2.05, 4.69) is 25.4 Å². The van der Waals surface area contributed by atoms with Crippen molar-refractivity contribution in [1.29, 1.82) is 0 Å². The van der Waals surface area contributed by atoms with Gasteiger partial charge in [0, 0.05) is 18.2 Å². The Bertz CT molecular complexity index is 1290. The molecular formula is C20H24F4N10. The monoisotopic (exact) mass is 480 g/mol. The molecule has 1 aliphatic rings. The van der Waals surface area contributed by atoms with Crippen LogP contribution in [0.15, 0.2) is 24.4 Å². The summed E-state index contributed by atoms with van der Waals surface area (Å²) in [7, 11) is 0. The summed E-state index contributed by atoms with van der Waals surface area (Å²) in [5.41, 5.74) is 13.9. The number of alkyl halides is 4. The normalized spacial score (nSPS) is 16.2. The quantitative estimate of drug-likeness (QED) is 0.427. The second kappa shape index (κ2) is 9.37. The molecule has 0 aromatic carbocycles. The van der Waals surface area contributed by atoms with Gasteiger partial charge in [-0.05, 0) is 37.7 Å². The molecule has 5 rings (SSSR count). The molecule has 14 heteroatoms. The predicted molar refractivity (Wildman–Crippen MR) is 118 cm³/mol. The largest absolute Gasteiger partial charge is 0.382 e. The van der Waals surface area contributed by atoms with Crippen LogP contribution in [-0.4, -0.2) is 71.5 Å². The lowest BCUT2D eigenvalue weighted by atomic mass is 10.1.